The number of aryl methyl sites for hydroxylation is 2. The van der Waals surface area contributed by atoms with Gasteiger partial charge in [0.1, 0.15) is 0 Å². The zero-order valence-electron chi connectivity index (χ0n) is 15.2. The predicted octanol–water partition coefficient (Wildman–Crippen LogP) is 1.76. The zero-order chi connectivity index (χ0) is 18.9. The van der Waals surface area contributed by atoms with Gasteiger partial charge in [-0.1, -0.05) is 6.07 Å². The molecule has 1 aliphatic rings. The van der Waals surface area contributed by atoms with Crippen molar-refractivity contribution >= 4 is 15.9 Å². The van der Waals surface area contributed by atoms with Gasteiger partial charge in [-0.2, -0.15) is 5.10 Å². The fourth-order valence-corrected chi connectivity index (χ4v) is 4.07. The van der Waals surface area contributed by atoms with E-state index < -0.39 is 10.0 Å². The normalized spacial score (nSPS) is 15.7. The molecule has 2 aromatic rings. The van der Waals surface area contributed by atoms with Crippen molar-refractivity contribution < 1.29 is 13.2 Å². The maximum atomic E-state index is 12.7. The molecule has 2 N–H and O–H groups in total. The van der Waals surface area contributed by atoms with E-state index in [4.69, 9.17) is 0 Å². The predicted molar refractivity (Wildman–Crippen MR) is 98.4 cm³/mol. The van der Waals surface area contributed by atoms with Crippen LogP contribution in [-0.2, 0) is 16.6 Å². The first kappa shape index (κ1) is 18.6. The molecular weight excluding hydrogens is 352 g/mol. The number of nitrogens with zero attached hydrogens (tertiary/aromatic N) is 2. The van der Waals surface area contributed by atoms with Crippen LogP contribution in [0.5, 0.6) is 0 Å². The number of hydrogen-bond donors (Lipinski definition) is 2. The molecule has 0 spiro atoms. The SMILES string of the molecule is Cc1cc(C)n(C[C@H](C)NS(=O)(=O)c2cccc(C(=O)NC3CC3)c2)n1. The molecule has 1 aromatic heterocycles. The molecule has 1 aliphatic carbocycles. The van der Waals surface area contributed by atoms with E-state index in [9.17, 15) is 13.2 Å². The minimum Gasteiger partial charge on any atom is -0.349 e. The molecule has 3 rings (SSSR count). The smallest absolute Gasteiger partial charge is 0.251 e. The molecule has 7 nitrogen and oxygen atoms in total. The molecule has 26 heavy (non-hydrogen) atoms. The Morgan fingerprint density at radius 3 is 2.65 bits per heavy atom. The molecule has 1 amide bonds. The Bertz CT molecular complexity index is 916. The van der Waals surface area contributed by atoms with Crippen molar-refractivity contribution in [2.75, 3.05) is 0 Å². The minimum absolute atomic E-state index is 0.0844. The summed E-state index contributed by atoms with van der Waals surface area (Å²) in [7, 11) is -3.73. The second kappa shape index (κ2) is 7.20. The Balaban J connectivity index is 1.70. The molecule has 0 radical (unpaired) electrons. The molecule has 1 saturated carbocycles. The summed E-state index contributed by atoms with van der Waals surface area (Å²) >= 11 is 0. The van der Waals surface area contributed by atoms with Crippen LogP contribution in [-0.4, -0.2) is 36.2 Å². The Hall–Kier alpha value is -2.19. The number of benzene rings is 1. The van der Waals surface area contributed by atoms with E-state index in [1.54, 1.807) is 23.7 Å². The number of aromatic nitrogens is 2. The summed E-state index contributed by atoms with van der Waals surface area (Å²) in [5.41, 5.74) is 2.23. The summed E-state index contributed by atoms with van der Waals surface area (Å²) in [6.45, 7) is 6.05. The first-order valence-electron chi connectivity index (χ1n) is 8.69. The molecule has 0 unspecified atom stereocenters. The summed E-state index contributed by atoms with van der Waals surface area (Å²) < 4.78 is 29.8. The lowest BCUT2D eigenvalue weighted by molar-refractivity contribution is 0.0951. The van der Waals surface area contributed by atoms with Gasteiger partial charge in [-0.25, -0.2) is 13.1 Å². The largest absolute Gasteiger partial charge is 0.349 e. The van der Waals surface area contributed by atoms with Crippen LogP contribution in [0.4, 0.5) is 0 Å². The minimum atomic E-state index is -3.73. The first-order valence-corrected chi connectivity index (χ1v) is 10.2. The van der Waals surface area contributed by atoms with Gasteiger partial charge < -0.3 is 5.32 Å². The van der Waals surface area contributed by atoms with Crippen LogP contribution in [0.1, 0.15) is 41.5 Å². The molecular formula is C18H24N4O3S. The topological polar surface area (TPSA) is 93.1 Å². The van der Waals surface area contributed by atoms with E-state index in [0.717, 1.165) is 24.2 Å². The molecule has 1 heterocycles. The molecule has 0 aliphatic heterocycles. The molecule has 1 atom stereocenters. The van der Waals surface area contributed by atoms with Crippen LogP contribution in [0.15, 0.2) is 35.2 Å². The lowest BCUT2D eigenvalue weighted by Crippen LogP contribution is -2.36. The summed E-state index contributed by atoms with van der Waals surface area (Å²) in [6, 6.07) is 7.94. The van der Waals surface area contributed by atoms with E-state index in [0.29, 0.717) is 12.1 Å². The van der Waals surface area contributed by atoms with E-state index in [1.807, 2.05) is 19.9 Å². The highest BCUT2D eigenvalue weighted by atomic mass is 32.2. The second-order valence-electron chi connectivity index (χ2n) is 6.91. The van der Waals surface area contributed by atoms with E-state index in [1.165, 1.54) is 12.1 Å². The van der Waals surface area contributed by atoms with Gasteiger partial charge in [-0.3, -0.25) is 9.48 Å². The second-order valence-corrected chi connectivity index (χ2v) is 8.62. The monoisotopic (exact) mass is 376 g/mol. The summed E-state index contributed by atoms with van der Waals surface area (Å²) in [4.78, 5) is 12.2. The van der Waals surface area contributed by atoms with Gasteiger partial charge in [0.25, 0.3) is 5.91 Å². The van der Waals surface area contributed by atoms with E-state index >= 15 is 0 Å². The summed E-state index contributed by atoms with van der Waals surface area (Å²) in [5.74, 6) is -0.236. The highest BCUT2D eigenvalue weighted by molar-refractivity contribution is 7.89. The Morgan fingerprint density at radius 2 is 2.04 bits per heavy atom. The molecule has 1 fully saturated rings. The van der Waals surface area contributed by atoms with E-state index in [-0.39, 0.29) is 22.9 Å². The zero-order valence-corrected chi connectivity index (χ0v) is 16.0. The fourth-order valence-electron chi connectivity index (χ4n) is 2.79. The van der Waals surface area contributed by atoms with Crippen molar-refractivity contribution in [2.24, 2.45) is 0 Å². The third-order valence-corrected chi connectivity index (χ3v) is 5.81. The lowest BCUT2D eigenvalue weighted by Gasteiger charge is -2.16. The van der Waals surface area contributed by atoms with Crippen LogP contribution in [0.2, 0.25) is 0 Å². The Labute approximate surface area is 153 Å². The number of amides is 1. The number of rotatable bonds is 7. The van der Waals surface area contributed by atoms with Crippen LogP contribution >= 0.6 is 0 Å². The van der Waals surface area contributed by atoms with Gasteiger partial charge in [0.15, 0.2) is 0 Å². The Morgan fingerprint density at radius 1 is 1.31 bits per heavy atom. The van der Waals surface area contributed by atoms with Crippen molar-refractivity contribution in [3.05, 3.63) is 47.3 Å². The van der Waals surface area contributed by atoms with Crippen molar-refractivity contribution in [2.45, 2.75) is 57.1 Å². The van der Waals surface area contributed by atoms with Crippen molar-refractivity contribution in [1.29, 1.82) is 0 Å². The molecule has 0 bridgehead atoms. The lowest BCUT2D eigenvalue weighted by atomic mass is 10.2. The number of nitrogens with one attached hydrogen (secondary N) is 2. The highest BCUT2D eigenvalue weighted by Gasteiger charge is 2.25. The molecule has 1 aromatic carbocycles. The number of sulfonamides is 1. The summed E-state index contributed by atoms with van der Waals surface area (Å²) in [5, 5.41) is 7.22. The fraction of sp³-hybridized carbons (Fsp3) is 0.444. The van der Waals surface area contributed by atoms with Crippen molar-refractivity contribution in [3.8, 4) is 0 Å². The quantitative estimate of drug-likeness (QED) is 0.770. The number of carbonyl (C=O) groups is 1. The third-order valence-electron chi connectivity index (χ3n) is 4.23. The van der Waals surface area contributed by atoms with Gasteiger partial charge in [-0.15, -0.1) is 0 Å². The average Bonchev–Trinajstić information content (AvgIpc) is 3.32. The van der Waals surface area contributed by atoms with Crippen LogP contribution in [0.3, 0.4) is 0 Å². The van der Waals surface area contributed by atoms with Gasteiger partial charge >= 0.3 is 0 Å². The standard InChI is InChI=1S/C18H24N4O3S/c1-12-9-14(3)22(20-12)11-13(2)21-26(24,25)17-6-4-5-15(10-17)18(23)19-16-7-8-16/h4-6,9-10,13,16,21H,7-8,11H2,1-3H3,(H,19,23)/t13-/m0/s1. The van der Waals surface area contributed by atoms with Gasteiger partial charge in [-0.05, 0) is 57.9 Å². The molecule has 140 valence electrons. The van der Waals surface area contributed by atoms with Crippen LogP contribution < -0.4 is 10.0 Å². The maximum Gasteiger partial charge on any atom is 0.251 e. The third kappa shape index (κ3) is 4.50. The van der Waals surface area contributed by atoms with Crippen molar-refractivity contribution in [3.63, 3.8) is 0 Å². The number of hydrogen-bond acceptors (Lipinski definition) is 4. The van der Waals surface area contributed by atoms with Crippen molar-refractivity contribution in [1.82, 2.24) is 19.8 Å². The van der Waals surface area contributed by atoms with Crippen LogP contribution in [0, 0.1) is 13.8 Å². The maximum absolute atomic E-state index is 12.7. The first-order chi connectivity index (χ1) is 12.2. The van der Waals surface area contributed by atoms with Gasteiger partial charge in [0, 0.05) is 23.3 Å². The number of carbonyl (C=O) groups excluding carboxylic acids is 1. The molecule has 8 heteroatoms. The molecule has 0 saturated heterocycles. The highest BCUT2D eigenvalue weighted by Crippen LogP contribution is 2.20. The van der Waals surface area contributed by atoms with Gasteiger partial charge in [0.05, 0.1) is 17.1 Å². The summed E-state index contributed by atoms with van der Waals surface area (Å²) in [6.07, 6.45) is 1.96. The average molecular weight is 376 g/mol. The van der Waals surface area contributed by atoms with E-state index in [2.05, 4.69) is 15.1 Å². The Kier molecular flexibility index (Phi) is 5.15. The van der Waals surface area contributed by atoms with Gasteiger partial charge in [0.2, 0.25) is 10.0 Å². The van der Waals surface area contributed by atoms with Crippen LogP contribution in [0.25, 0.3) is 0 Å².